The molecule has 1 N–H and O–H groups in total. The summed E-state index contributed by atoms with van der Waals surface area (Å²) in [7, 11) is 1.34. The zero-order valence-electron chi connectivity index (χ0n) is 11.3. The first-order valence-corrected chi connectivity index (χ1v) is 6.49. The molecule has 0 radical (unpaired) electrons. The van der Waals surface area contributed by atoms with E-state index < -0.39 is 5.82 Å². The van der Waals surface area contributed by atoms with Crippen molar-refractivity contribution in [1.29, 1.82) is 0 Å². The molecule has 1 aromatic rings. The molecular formula is C14H17FN2O3. The smallest absolute Gasteiger partial charge is 0.321 e. The number of urea groups is 1. The van der Waals surface area contributed by atoms with Crippen molar-refractivity contribution in [3.8, 4) is 0 Å². The summed E-state index contributed by atoms with van der Waals surface area (Å²) in [5.74, 6) is -0.992. The van der Waals surface area contributed by atoms with E-state index in [-0.39, 0.29) is 17.9 Å². The van der Waals surface area contributed by atoms with Crippen molar-refractivity contribution in [2.24, 2.45) is 5.92 Å². The van der Waals surface area contributed by atoms with Crippen LogP contribution >= 0.6 is 0 Å². The Morgan fingerprint density at radius 3 is 2.95 bits per heavy atom. The molecule has 0 saturated carbocycles. The lowest BCUT2D eigenvalue weighted by Crippen LogP contribution is -2.44. The van der Waals surface area contributed by atoms with E-state index in [2.05, 4.69) is 5.32 Å². The quantitative estimate of drug-likeness (QED) is 0.845. The van der Waals surface area contributed by atoms with Crippen LogP contribution < -0.4 is 5.32 Å². The van der Waals surface area contributed by atoms with Gasteiger partial charge in [0.15, 0.2) is 0 Å². The predicted molar refractivity (Wildman–Crippen MR) is 71.7 cm³/mol. The van der Waals surface area contributed by atoms with Gasteiger partial charge in [0.1, 0.15) is 5.82 Å². The molecule has 1 aliphatic heterocycles. The van der Waals surface area contributed by atoms with E-state index in [1.165, 1.54) is 25.3 Å². The highest BCUT2D eigenvalue weighted by atomic mass is 19.1. The van der Waals surface area contributed by atoms with Crippen molar-refractivity contribution in [3.05, 3.63) is 30.1 Å². The molecule has 0 aromatic heterocycles. The molecule has 1 unspecified atom stereocenters. The van der Waals surface area contributed by atoms with Crippen molar-refractivity contribution >= 4 is 17.7 Å². The van der Waals surface area contributed by atoms with Gasteiger partial charge in [-0.15, -0.1) is 0 Å². The van der Waals surface area contributed by atoms with Crippen LogP contribution in [0.2, 0.25) is 0 Å². The lowest BCUT2D eigenvalue weighted by molar-refractivity contribution is -0.146. The number of hydrogen-bond acceptors (Lipinski definition) is 3. The molecule has 6 heteroatoms. The fourth-order valence-electron chi connectivity index (χ4n) is 2.29. The second-order valence-electron chi connectivity index (χ2n) is 4.75. The van der Waals surface area contributed by atoms with Crippen molar-refractivity contribution in [2.45, 2.75) is 12.8 Å². The number of likely N-dealkylation sites (tertiary alicyclic amines) is 1. The van der Waals surface area contributed by atoms with Crippen LogP contribution in [0.15, 0.2) is 24.3 Å². The topological polar surface area (TPSA) is 58.6 Å². The van der Waals surface area contributed by atoms with E-state index in [1.807, 2.05) is 0 Å². The minimum absolute atomic E-state index is 0.285. The molecule has 20 heavy (non-hydrogen) atoms. The summed E-state index contributed by atoms with van der Waals surface area (Å²) >= 11 is 0. The molecular weight excluding hydrogens is 263 g/mol. The number of esters is 1. The third-order valence-corrected chi connectivity index (χ3v) is 3.32. The van der Waals surface area contributed by atoms with Gasteiger partial charge in [-0.3, -0.25) is 4.79 Å². The van der Waals surface area contributed by atoms with E-state index in [9.17, 15) is 14.0 Å². The molecule has 1 saturated heterocycles. The Balaban J connectivity index is 1.97. The zero-order chi connectivity index (χ0) is 14.5. The second kappa shape index (κ2) is 6.36. The van der Waals surface area contributed by atoms with Crippen LogP contribution in [-0.2, 0) is 9.53 Å². The largest absolute Gasteiger partial charge is 0.469 e. The van der Waals surface area contributed by atoms with E-state index in [0.717, 1.165) is 12.8 Å². The molecule has 2 rings (SSSR count). The summed E-state index contributed by atoms with van der Waals surface area (Å²) in [6.07, 6.45) is 1.47. The summed E-state index contributed by atoms with van der Waals surface area (Å²) in [4.78, 5) is 25.1. The number of anilines is 1. The molecule has 0 aliphatic carbocycles. The minimum atomic E-state index is -0.408. The lowest BCUT2D eigenvalue weighted by atomic mass is 9.98. The monoisotopic (exact) mass is 280 g/mol. The van der Waals surface area contributed by atoms with E-state index in [0.29, 0.717) is 18.8 Å². The fourth-order valence-corrected chi connectivity index (χ4v) is 2.29. The number of ether oxygens (including phenoxy) is 1. The van der Waals surface area contributed by atoms with Crippen LogP contribution in [0.25, 0.3) is 0 Å². The second-order valence-corrected chi connectivity index (χ2v) is 4.75. The van der Waals surface area contributed by atoms with Crippen molar-refractivity contribution in [3.63, 3.8) is 0 Å². The van der Waals surface area contributed by atoms with Gasteiger partial charge in [0, 0.05) is 18.8 Å². The maximum absolute atomic E-state index is 13.0. The number of halogens is 1. The molecule has 5 nitrogen and oxygen atoms in total. The van der Waals surface area contributed by atoms with Gasteiger partial charge in [-0.2, -0.15) is 0 Å². The Hall–Kier alpha value is -2.11. The number of nitrogens with zero attached hydrogens (tertiary/aromatic N) is 1. The Labute approximate surface area is 116 Å². The van der Waals surface area contributed by atoms with E-state index in [1.54, 1.807) is 11.0 Å². The van der Waals surface area contributed by atoms with E-state index >= 15 is 0 Å². The van der Waals surface area contributed by atoms with Gasteiger partial charge in [0.2, 0.25) is 0 Å². The van der Waals surface area contributed by atoms with Gasteiger partial charge in [-0.05, 0) is 31.0 Å². The molecule has 1 aliphatic rings. The van der Waals surface area contributed by atoms with Crippen LogP contribution in [0.3, 0.4) is 0 Å². The van der Waals surface area contributed by atoms with Crippen LogP contribution in [-0.4, -0.2) is 37.1 Å². The molecule has 0 bridgehead atoms. The third-order valence-electron chi connectivity index (χ3n) is 3.32. The first-order valence-electron chi connectivity index (χ1n) is 6.49. The van der Waals surface area contributed by atoms with Gasteiger partial charge in [-0.1, -0.05) is 6.07 Å². The standard InChI is InChI=1S/C14H17FN2O3/c1-20-13(18)10-4-3-7-17(9-10)14(19)16-12-6-2-5-11(15)8-12/h2,5-6,8,10H,3-4,7,9H2,1H3,(H,16,19). The fraction of sp³-hybridized carbons (Fsp3) is 0.429. The highest BCUT2D eigenvalue weighted by Gasteiger charge is 2.29. The molecule has 1 heterocycles. The zero-order valence-corrected chi connectivity index (χ0v) is 11.3. The minimum Gasteiger partial charge on any atom is -0.469 e. The molecule has 2 amide bonds. The lowest BCUT2D eigenvalue weighted by Gasteiger charge is -2.31. The predicted octanol–water partition coefficient (Wildman–Crippen LogP) is 2.24. The maximum Gasteiger partial charge on any atom is 0.321 e. The summed E-state index contributed by atoms with van der Waals surface area (Å²) in [5, 5.41) is 2.62. The number of methoxy groups -OCH3 is 1. The average molecular weight is 280 g/mol. The number of amides is 2. The molecule has 0 spiro atoms. The van der Waals surface area contributed by atoms with Crippen molar-refractivity contribution in [2.75, 3.05) is 25.5 Å². The number of hydrogen-bond donors (Lipinski definition) is 1. The van der Waals surface area contributed by atoms with Crippen LogP contribution in [0.1, 0.15) is 12.8 Å². The number of nitrogens with one attached hydrogen (secondary N) is 1. The number of carbonyl (C=O) groups is 2. The molecule has 1 aromatic carbocycles. The van der Waals surface area contributed by atoms with Gasteiger partial charge in [0.05, 0.1) is 13.0 Å². The first-order chi connectivity index (χ1) is 9.60. The Kier molecular flexibility index (Phi) is 4.55. The van der Waals surface area contributed by atoms with E-state index in [4.69, 9.17) is 4.74 Å². The maximum atomic E-state index is 13.0. The highest BCUT2D eigenvalue weighted by molar-refractivity contribution is 5.89. The number of rotatable bonds is 2. The summed E-state index contributed by atoms with van der Waals surface area (Å²) in [5.41, 5.74) is 0.398. The number of carbonyl (C=O) groups excluding carboxylic acids is 2. The Bertz CT molecular complexity index is 507. The molecule has 1 fully saturated rings. The van der Waals surface area contributed by atoms with Crippen LogP contribution in [0.5, 0.6) is 0 Å². The van der Waals surface area contributed by atoms with Gasteiger partial charge < -0.3 is 15.0 Å². The van der Waals surface area contributed by atoms with Crippen molar-refractivity contribution in [1.82, 2.24) is 4.90 Å². The number of piperidine rings is 1. The number of benzene rings is 1. The van der Waals surface area contributed by atoms with Gasteiger partial charge in [-0.25, -0.2) is 9.18 Å². The van der Waals surface area contributed by atoms with Gasteiger partial charge in [0.25, 0.3) is 0 Å². The molecule has 108 valence electrons. The summed E-state index contributed by atoms with van der Waals surface area (Å²) in [6, 6.07) is 5.37. The SMILES string of the molecule is COC(=O)C1CCCN(C(=O)Nc2cccc(F)c2)C1. The summed E-state index contributed by atoms with van der Waals surface area (Å²) < 4.78 is 17.8. The Morgan fingerprint density at radius 2 is 2.25 bits per heavy atom. The van der Waals surface area contributed by atoms with Crippen molar-refractivity contribution < 1.29 is 18.7 Å². The van der Waals surface area contributed by atoms with Gasteiger partial charge >= 0.3 is 12.0 Å². The van der Waals surface area contributed by atoms with Crippen LogP contribution in [0.4, 0.5) is 14.9 Å². The van der Waals surface area contributed by atoms with Crippen LogP contribution in [0, 0.1) is 11.7 Å². The first kappa shape index (κ1) is 14.3. The summed E-state index contributed by atoms with van der Waals surface area (Å²) in [6.45, 7) is 0.905. The normalized spacial score (nSPS) is 18.5. The average Bonchev–Trinajstić information content (AvgIpc) is 2.46. The molecule has 1 atom stereocenters. The highest BCUT2D eigenvalue weighted by Crippen LogP contribution is 2.19. The third kappa shape index (κ3) is 3.46. The Morgan fingerprint density at radius 1 is 1.45 bits per heavy atom.